The first-order valence-electron chi connectivity index (χ1n) is 14.0. The molecule has 2 aliphatic heterocycles. The number of anilines is 1. The summed E-state index contributed by atoms with van der Waals surface area (Å²) in [4.78, 5) is 22.6. The number of aryl methyl sites for hydroxylation is 1. The van der Waals surface area contributed by atoms with Crippen LogP contribution in [-0.2, 0) is 19.5 Å². The summed E-state index contributed by atoms with van der Waals surface area (Å²) in [6, 6.07) is 11.4. The largest absolute Gasteiger partial charge is 0.355 e. The Kier molecular flexibility index (Phi) is 7.16. The number of nitrogens with zero attached hydrogens (tertiary/aromatic N) is 8. The van der Waals surface area contributed by atoms with Gasteiger partial charge in [-0.25, -0.2) is 4.98 Å². The summed E-state index contributed by atoms with van der Waals surface area (Å²) in [7, 11) is 6.72. The van der Waals surface area contributed by atoms with Gasteiger partial charge in [0, 0.05) is 71.6 Å². The Bertz CT molecular complexity index is 1210. The van der Waals surface area contributed by atoms with Crippen LogP contribution in [0.2, 0.25) is 0 Å². The van der Waals surface area contributed by atoms with Gasteiger partial charge < -0.3 is 14.7 Å². The van der Waals surface area contributed by atoms with Gasteiger partial charge in [-0.2, -0.15) is 0 Å². The lowest BCUT2D eigenvalue weighted by Crippen LogP contribution is -2.45. The third-order valence-electron chi connectivity index (χ3n) is 8.69. The van der Waals surface area contributed by atoms with E-state index in [-0.39, 0.29) is 0 Å². The fraction of sp³-hybridized carbons (Fsp3) is 0.586. The standard InChI is InChI=1S/C29H42N8/c1-32-13-17-35(18-14-32)22-26-24(21-34(3)25-9-4-7-23-8-6-12-30-29(23)25)31-27-10-5-11-28(37(26)27)36-19-15-33(2)16-20-36/h5-6,8,10-12,25H,4,7,9,13-22H2,1-3H3. The van der Waals surface area contributed by atoms with Crippen molar-refractivity contribution in [3.8, 4) is 0 Å². The Hall–Kier alpha value is -2.52. The Balaban J connectivity index is 1.35. The van der Waals surface area contributed by atoms with E-state index in [0.29, 0.717) is 6.04 Å². The van der Waals surface area contributed by atoms with Crippen molar-refractivity contribution in [2.45, 2.75) is 38.4 Å². The van der Waals surface area contributed by atoms with Crippen molar-refractivity contribution >= 4 is 11.5 Å². The molecule has 8 heteroatoms. The van der Waals surface area contributed by atoms with E-state index in [1.54, 1.807) is 0 Å². The predicted molar refractivity (Wildman–Crippen MR) is 149 cm³/mol. The number of piperazine rings is 2. The smallest absolute Gasteiger partial charge is 0.138 e. The minimum atomic E-state index is 0.350. The predicted octanol–water partition coefficient (Wildman–Crippen LogP) is 2.74. The molecule has 0 spiro atoms. The summed E-state index contributed by atoms with van der Waals surface area (Å²) in [6.45, 7) is 10.6. The number of aromatic nitrogens is 3. The van der Waals surface area contributed by atoms with Crippen LogP contribution < -0.4 is 4.90 Å². The van der Waals surface area contributed by atoms with Crippen molar-refractivity contribution in [3.63, 3.8) is 0 Å². The molecule has 2 saturated heterocycles. The summed E-state index contributed by atoms with van der Waals surface area (Å²) in [5.41, 5.74) is 6.32. The molecule has 5 heterocycles. The van der Waals surface area contributed by atoms with Gasteiger partial charge in [-0.3, -0.25) is 19.2 Å². The van der Waals surface area contributed by atoms with Gasteiger partial charge in [-0.1, -0.05) is 12.1 Å². The third kappa shape index (κ3) is 5.12. The van der Waals surface area contributed by atoms with Crippen molar-refractivity contribution < 1.29 is 0 Å². The first kappa shape index (κ1) is 24.8. The Morgan fingerprint density at radius 1 is 0.919 bits per heavy atom. The molecule has 0 radical (unpaired) electrons. The van der Waals surface area contributed by atoms with Crippen LogP contribution in [0.25, 0.3) is 5.65 Å². The topological polar surface area (TPSA) is 46.4 Å². The number of pyridine rings is 2. The monoisotopic (exact) mass is 502 g/mol. The molecule has 198 valence electrons. The summed E-state index contributed by atoms with van der Waals surface area (Å²) in [5, 5.41) is 0. The molecule has 1 aliphatic carbocycles. The van der Waals surface area contributed by atoms with Gasteiger partial charge in [0.05, 0.1) is 23.1 Å². The average Bonchev–Trinajstić information content (AvgIpc) is 3.26. The molecule has 2 fully saturated rings. The van der Waals surface area contributed by atoms with E-state index in [1.165, 1.54) is 34.9 Å². The van der Waals surface area contributed by atoms with Crippen molar-refractivity contribution in [3.05, 3.63) is 59.2 Å². The maximum atomic E-state index is 5.28. The van der Waals surface area contributed by atoms with E-state index in [1.807, 2.05) is 6.20 Å². The second-order valence-corrected chi connectivity index (χ2v) is 11.3. The van der Waals surface area contributed by atoms with Crippen LogP contribution in [-0.4, -0.2) is 107 Å². The molecule has 3 aromatic heterocycles. The summed E-state index contributed by atoms with van der Waals surface area (Å²) in [6.07, 6.45) is 5.48. The SMILES string of the molecule is CN1CCN(Cc2c(CN(C)C3CCCc4cccnc43)nc3cccc(N4CCN(C)CC4)n23)CC1. The highest BCUT2D eigenvalue weighted by molar-refractivity contribution is 5.55. The second kappa shape index (κ2) is 10.7. The Morgan fingerprint density at radius 3 is 2.46 bits per heavy atom. The zero-order valence-electron chi connectivity index (χ0n) is 22.8. The van der Waals surface area contributed by atoms with Gasteiger partial charge in [0.25, 0.3) is 0 Å². The number of imidazole rings is 1. The maximum absolute atomic E-state index is 5.28. The molecular formula is C29H42N8. The molecule has 0 saturated carbocycles. The molecular weight excluding hydrogens is 460 g/mol. The van der Waals surface area contributed by atoms with Crippen LogP contribution in [0.4, 0.5) is 5.82 Å². The van der Waals surface area contributed by atoms with Crippen LogP contribution in [0.1, 0.15) is 41.5 Å². The lowest BCUT2D eigenvalue weighted by molar-refractivity contribution is 0.145. The van der Waals surface area contributed by atoms with Gasteiger partial charge in [0.15, 0.2) is 0 Å². The van der Waals surface area contributed by atoms with Gasteiger partial charge in [0.1, 0.15) is 11.5 Å². The molecule has 8 nitrogen and oxygen atoms in total. The molecule has 0 aromatic carbocycles. The van der Waals surface area contributed by atoms with Crippen molar-refractivity contribution in [2.24, 2.45) is 0 Å². The molecule has 0 amide bonds. The van der Waals surface area contributed by atoms with Crippen molar-refractivity contribution in [1.29, 1.82) is 0 Å². The molecule has 0 N–H and O–H groups in total. The van der Waals surface area contributed by atoms with E-state index in [2.05, 4.69) is 80.4 Å². The molecule has 1 unspecified atom stereocenters. The lowest BCUT2D eigenvalue weighted by Gasteiger charge is -2.35. The first-order chi connectivity index (χ1) is 18.1. The Labute approximate surface area is 221 Å². The van der Waals surface area contributed by atoms with E-state index in [0.717, 1.165) is 83.9 Å². The summed E-state index contributed by atoms with van der Waals surface area (Å²) < 4.78 is 2.47. The molecule has 0 bridgehead atoms. The highest BCUT2D eigenvalue weighted by atomic mass is 15.3. The molecule has 3 aromatic rings. The highest BCUT2D eigenvalue weighted by Crippen LogP contribution is 2.33. The van der Waals surface area contributed by atoms with Gasteiger partial charge in [-0.05, 0) is 64.2 Å². The van der Waals surface area contributed by atoms with E-state index < -0.39 is 0 Å². The molecule has 6 rings (SSSR count). The fourth-order valence-electron chi connectivity index (χ4n) is 6.33. The second-order valence-electron chi connectivity index (χ2n) is 11.3. The minimum absolute atomic E-state index is 0.350. The summed E-state index contributed by atoms with van der Waals surface area (Å²) in [5.74, 6) is 1.29. The highest BCUT2D eigenvalue weighted by Gasteiger charge is 2.28. The normalized spacial score (nSPS) is 22.2. The van der Waals surface area contributed by atoms with Crippen LogP contribution >= 0.6 is 0 Å². The van der Waals surface area contributed by atoms with Gasteiger partial charge in [-0.15, -0.1) is 0 Å². The molecule has 37 heavy (non-hydrogen) atoms. The molecule has 1 atom stereocenters. The molecule has 3 aliphatic rings. The number of hydrogen-bond donors (Lipinski definition) is 0. The first-order valence-corrected chi connectivity index (χ1v) is 14.0. The minimum Gasteiger partial charge on any atom is -0.355 e. The average molecular weight is 503 g/mol. The number of rotatable bonds is 6. The van der Waals surface area contributed by atoms with E-state index >= 15 is 0 Å². The van der Waals surface area contributed by atoms with Crippen LogP contribution in [0.3, 0.4) is 0 Å². The maximum Gasteiger partial charge on any atom is 0.138 e. The zero-order chi connectivity index (χ0) is 25.4. The summed E-state index contributed by atoms with van der Waals surface area (Å²) >= 11 is 0. The number of fused-ring (bicyclic) bond motifs is 2. The van der Waals surface area contributed by atoms with E-state index in [4.69, 9.17) is 9.97 Å². The quantitative estimate of drug-likeness (QED) is 0.514. The van der Waals surface area contributed by atoms with Crippen molar-refractivity contribution in [1.82, 2.24) is 34.0 Å². The van der Waals surface area contributed by atoms with Crippen LogP contribution in [0, 0.1) is 0 Å². The van der Waals surface area contributed by atoms with E-state index in [9.17, 15) is 0 Å². The van der Waals surface area contributed by atoms with Crippen LogP contribution in [0.15, 0.2) is 36.5 Å². The lowest BCUT2D eigenvalue weighted by atomic mass is 9.91. The third-order valence-corrected chi connectivity index (χ3v) is 8.69. The van der Waals surface area contributed by atoms with Gasteiger partial charge >= 0.3 is 0 Å². The van der Waals surface area contributed by atoms with Crippen molar-refractivity contribution in [2.75, 3.05) is 78.4 Å². The zero-order valence-corrected chi connectivity index (χ0v) is 22.8. The Morgan fingerprint density at radius 2 is 1.68 bits per heavy atom. The number of hydrogen-bond acceptors (Lipinski definition) is 7. The fourth-order valence-corrected chi connectivity index (χ4v) is 6.33. The van der Waals surface area contributed by atoms with Crippen LogP contribution in [0.5, 0.6) is 0 Å². The number of likely N-dealkylation sites (N-methyl/N-ethyl adjacent to an activating group) is 2. The van der Waals surface area contributed by atoms with Gasteiger partial charge in [0.2, 0.25) is 0 Å².